The standard InChI is InChI=1S/C22H24N2O6/c1-22(20(26)27)13-17(19(25)30-3)18(14-9-11-16(29-2)12-10-14)24(22)21(28)23-15-7-5-4-6-8-15/h4-12,17-18H,13H2,1-3H3,(H,23,28)(H,26,27). The molecule has 30 heavy (non-hydrogen) atoms. The number of nitrogens with zero attached hydrogens (tertiary/aromatic N) is 1. The van der Waals surface area contributed by atoms with Gasteiger partial charge >= 0.3 is 18.0 Å². The van der Waals surface area contributed by atoms with Crippen LogP contribution in [0.25, 0.3) is 0 Å². The van der Waals surface area contributed by atoms with Crippen LogP contribution in [0.15, 0.2) is 54.6 Å². The molecule has 0 bridgehead atoms. The molecule has 1 aliphatic heterocycles. The minimum Gasteiger partial charge on any atom is -0.497 e. The molecule has 158 valence electrons. The second-order valence-electron chi connectivity index (χ2n) is 7.30. The van der Waals surface area contributed by atoms with E-state index in [0.29, 0.717) is 17.0 Å². The van der Waals surface area contributed by atoms with Gasteiger partial charge in [0.05, 0.1) is 26.2 Å². The van der Waals surface area contributed by atoms with E-state index in [9.17, 15) is 19.5 Å². The summed E-state index contributed by atoms with van der Waals surface area (Å²) in [7, 11) is 2.78. The fourth-order valence-electron chi connectivity index (χ4n) is 3.92. The molecular weight excluding hydrogens is 388 g/mol. The van der Waals surface area contributed by atoms with E-state index in [4.69, 9.17) is 9.47 Å². The van der Waals surface area contributed by atoms with E-state index in [1.807, 2.05) is 0 Å². The van der Waals surface area contributed by atoms with Crippen LogP contribution in [0, 0.1) is 5.92 Å². The maximum atomic E-state index is 13.3. The predicted molar refractivity (Wildman–Crippen MR) is 109 cm³/mol. The summed E-state index contributed by atoms with van der Waals surface area (Å²) in [6.07, 6.45) is -0.0755. The lowest BCUT2D eigenvalue weighted by Crippen LogP contribution is -2.53. The summed E-state index contributed by atoms with van der Waals surface area (Å²) >= 11 is 0. The number of carboxylic acids is 1. The molecule has 2 aromatic rings. The molecule has 1 fully saturated rings. The smallest absolute Gasteiger partial charge is 0.329 e. The van der Waals surface area contributed by atoms with Gasteiger partial charge in [-0.3, -0.25) is 4.79 Å². The number of esters is 1. The van der Waals surface area contributed by atoms with Crippen LogP contribution in [0.1, 0.15) is 24.9 Å². The predicted octanol–water partition coefficient (Wildman–Crippen LogP) is 3.31. The van der Waals surface area contributed by atoms with Gasteiger partial charge in [0.25, 0.3) is 0 Å². The average Bonchev–Trinajstić information content (AvgIpc) is 3.08. The molecule has 8 heteroatoms. The van der Waals surface area contributed by atoms with Crippen LogP contribution < -0.4 is 10.1 Å². The molecule has 3 unspecified atom stereocenters. The Hall–Kier alpha value is -3.55. The first-order valence-electron chi connectivity index (χ1n) is 9.42. The number of amides is 2. The summed E-state index contributed by atoms with van der Waals surface area (Å²) in [5.41, 5.74) is -0.480. The topological polar surface area (TPSA) is 105 Å². The molecule has 1 saturated heterocycles. The largest absolute Gasteiger partial charge is 0.497 e. The van der Waals surface area contributed by atoms with Crippen LogP contribution in [0.3, 0.4) is 0 Å². The molecule has 1 aliphatic rings. The lowest BCUT2D eigenvalue weighted by Gasteiger charge is -2.35. The van der Waals surface area contributed by atoms with Crippen molar-refractivity contribution in [3.05, 3.63) is 60.2 Å². The van der Waals surface area contributed by atoms with Gasteiger partial charge in [-0.15, -0.1) is 0 Å². The third-order valence-corrected chi connectivity index (χ3v) is 5.47. The molecular formula is C22H24N2O6. The summed E-state index contributed by atoms with van der Waals surface area (Å²) in [4.78, 5) is 39.3. The van der Waals surface area contributed by atoms with Gasteiger partial charge < -0.3 is 24.8 Å². The normalized spacial score (nSPS) is 23.0. The molecule has 3 atom stereocenters. The fourth-order valence-corrected chi connectivity index (χ4v) is 3.92. The van der Waals surface area contributed by atoms with Crippen molar-refractivity contribution in [3.63, 3.8) is 0 Å². The maximum Gasteiger partial charge on any atom is 0.329 e. The van der Waals surface area contributed by atoms with Crippen molar-refractivity contribution >= 4 is 23.7 Å². The van der Waals surface area contributed by atoms with Crippen molar-refractivity contribution in [1.82, 2.24) is 4.90 Å². The number of carbonyl (C=O) groups excluding carboxylic acids is 2. The van der Waals surface area contributed by atoms with Gasteiger partial charge in [0.2, 0.25) is 0 Å². The average molecular weight is 412 g/mol. The summed E-state index contributed by atoms with van der Waals surface area (Å²) in [5.74, 6) is -2.01. The van der Waals surface area contributed by atoms with Crippen molar-refractivity contribution in [1.29, 1.82) is 0 Å². The van der Waals surface area contributed by atoms with Crippen molar-refractivity contribution in [2.45, 2.75) is 24.9 Å². The molecule has 0 aliphatic carbocycles. The van der Waals surface area contributed by atoms with Gasteiger partial charge in [0.1, 0.15) is 11.3 Å². The molecule has 2 aromatic carbocycles. The molecule has 0 radical (unpaired) electrons. The molecule has 8 nitrogen and oxygen atoms in total. The van der Waals surface area contributed by atoms with Crippen molar-refractivity contribution in [2.75, 3.05) is 19.5 Å². The number of para-hydroxylation sites is 1. The SMILES string of the molecule is COC(=O)C1CC(C)(C(=O)O)N(C(=O)Nc2ccccc2)C1c1ccc(OC)cc1. The first-order chi connectivity index (χ1) is 14.3. The highest BCUT2D eigenvalue weighted by Crippen LogP contribution is 2.48. The molecule has 0 spiro atoms. The third kappa shape index (κ3) is 3.80. The van der Waals surface area contributed by atoms with Crippen LogP contribution in [-0.4, -0.2) is 47.7 Å². The van der Waals surface area contributed by atoms with E-state index in [2.05, 4.69) is 5.32 Å². The number of methoxy groups -OCH3 is 2. The van der Waals surface area contributed by atoms with Gasteiger partial charge in [-0.05, 0) is 43.2 Å². The molecule has 2 N–H and O–H groups in total. The number of benzene rings is 2. The van der Waals surface area contributed by atoms with Crippen molar-refractivity contribution in [3.8, 4) is 5.75 Å². The van der Waals surface area contributed by atoms with E-state index in [1.165, 1.54) is 26.0 Å². The number of hydrogen-bond acceptors (Lipinski definition) is 5. The van der Waals surface area contributed by atoms with Crippen molar-refractivity contribution < 1.29 is 29.0 Å². The first kappa shape index (κ1) is 21.2. The number of aliphatic carboxylic acids is 1. The summed E-state index contributed by atoms with van der Waals surface area (Å²) < 4.78 is 10.1. The summed E-state index contributed by atoms with van der Waals surface area (Å²) in [6, 6.07) is 14.1. The summed E-state index contributed by atoms with van der Waals surface area (Å²) in [6.45, 7) is 1.44. The number of carboxylic acid groups (broad SMARTS) is 1. The van der Waals surface area contributed by atoms with Crippen LogP contribution >= 0.6 is 0 Å². The van der Waals surface area contributed by atoms with Crippen LogP contribution in [0.2, 0.25) is 0 Å². The van der Waals surface area contributed by atoms with E-state index in [-0.39, 0.29) is 6.42 Å². The van der Waals surface area contributed by atoms with Gasteiger partial charge in [-0.1, -0.05) is 30.3 Å². The van der Waals surface area contributed by atoms with E-state index >= 15 is 0 Å². The number of ether oxygens (including phenoxy) is 2. The maximum absolute atomic E-state index is 13.3. The highest BCUT2D eigenvalue weighted by molar-refractivity contribution is 5.96. The zero-order chi connectivity index (χ0) is 21.9. The number of carbonyl (C=O) groups is 3. The van der Waals surface area contributed by atoms with Crippen LogP contribution in [0.5, 0.6) is 5.75 Å². The Kier molecular flexibility index (Phi) is 5.96. The van der Waals surface area contributed by atoms with Gasteiger partial charge in [-0.2, -0.15) is 0 Å². The van der Waals surface area contributed by atoms with E-state index < -0.39 is 35.5 Å². The van der Waals surface area contributed by atoms with Gasteiger partial charge in [0.15, 0.2) is 0 Å². The van der Waals surface area contributed by atoms with Gasteiger partial charge in [0, 0.05) is 5.69 Å². The van der Waals surface area contributed by atoms with Crippen LogP contribution in [0.4, 0.5) is 10.5 Å². The minimum atomic E-state index is -1.61. The Morgan fingerprint density at radius 2 is 1.70 bits per heavy atom. The number of nitrogens with one attached hydrogen (secondary N) is 1. The Bertz CT molecular complexity index is 930. The molecule has 0 aromatic heterocycles. The second kappa shape index (κ2) is 8.44. The van der Waals surface area contributed by atoms with Crippen molar-refractivity contribution in [2.24, 2.45) is 5.92 Å². The molecule has 0 saturated carbocycles. The Balaban J connectivity index is 2.08. The number of rotatable bonds is 5. The highest BCUT2D eigenvalue weighted by Gasteiger charge is 2.58. The third-order valence-electron chi connectivity index (χ3n) is 5.47. The lowest BCUT2D eigenvalue weighted by molar-refractivity contribution is -0.147. The number of hydrogen-bond donors (Lipinski definition) is 2. The second-order valence-corrected chi connectivity index (χ2v) is 7.30. The Morgan fingerprint density at radius 1 is 1.07 bits per heavy atom. The zero-order valence-electron chi connectivity index (χ0n) is 17.0. The Labute approximate surface area is 174 Å². The quantitative estimate of drug-likeness (QED) is 0.730. The Morgan fingerprint density at radius 3 is 2.23 bits per heavy atom. The summed E-state index contributed by atoms with van der Waals surface area (Å²) in [5, 5.41) is 12.7. The molecule has 1 heterocycles. The van der Waals surface area contributed by atoms with Crippen LogP contribution in [-0.2, 0) is 14.3 Å². The molecule has 2 amide bonds. The fraction of sp³-hybridized carbons (Fsp3) is 0.318. The molecule has 3 rings (SSSR count). The van der Waals surface area contributed by atoms with E-state index in [1.54, 1.807) is 54.6 Å². The number of anilines is 1. The van der Waals surface area contributed by atoms with E-state index in [0.717, 1.165) is 0 Å². The highest BCUT2D eigenvalue weighted by atomic mass is 16.5. The lowest BCUT2D eigenvalue weighted by atomic mass is 9.90. The minimum absolute atomic E-state index is 0.0755. The monoisotopic (exact) mass is 412 g/mol. The van der Waals surface area contributed by atoms with Gasteiger partial charge in [-0.25, -0.2) is 9.59 Å². The number of urea groups is 1. The zero-order valence-corrected chi connectivity index (χ0v) is 17.0. The number of likely N-dealkylation sites (tertiary alicyclic amines) is 1. The first-order valence-corrected chi connectivity index (χ1v) is 9.42.